The largest absolute Gasteiger partial charge is 0.573 e. The highest BCUT2D eigenvalue weighted by molar-refractivity contribution is 7.10. The molecule has 0 aliphatic heterocycles. The van der Waals surface area contributed by atoms with E-state index in [1.165, 1.54) is 12.1 Å². The lowest BCUT2D eigenvalue weighted by Gasteiger charge is -2.09. The molecule has 25 heavy (non-hydrogen) atoms. The van der Waals surface area contributed by atoms with Gasteiger partial charge in [-0.15, -0.1) is 13.2 Å². The second-order valence-electron chi connectivity index (χ2n) is 4.67. The van der Waals surface area contributed by atoms with Crippen molar-refractivity contribution in [2.75, 3.05) is 5.32 Å². The molecule has 0 bridgehead atoms. The van der Waals surface area contributed by atoms with Crippen molar-refractivity contribution in [1.29, 1.82) is 0 Å². The third-order valence-electron chi connectivity index (χ3n) is 2.87. The quantitative estimate of drug-likeness (QED) is 0.761. The molecule has 0 atom stereocenters. The Balaban J connectivity index is 1.73. The molecule has 3 rings (SSSR count). The summed E-state index contributed by atoms with van der Waals surface area (Å²) in [6.45, 7) is 0. The molecule has 0 aliphatic rings. The zero-order valence-corrected chi connectivity index (χ0v) is 13.1. The Hall–Kier alpha value is -3.01. The second kappa shape index (κ2) is 6.85. The van der Waals surface area contributed by atoms with E-state index in [4.69, 9.17) is 0 Å². The van der Waals surface area contributed by atoms with Gasteiger partial charge >= 0.3 is 6.36 Å². The first kappa shape index (κ1) is 16.8. The van der Waals surface area contributed by atoms with Crippen molar-refractivity contribution in [3.05, 3.63) is 54.2 Å². The van der Waals surface area contributed by atoms with Crippen molar-refractivity contribution in [2.45, 2.75) is 6.36 Å². The van der Waals surface area contributed by atoms with Gasteiger partial charge in [0.15, 0.2) is 5.82 Å². The average Bonchev–Trinajstić information content (AvgIpc) is 3.03. The molecular formula is C15H9F3N4O2S. The van der Waals surface area contributed by atoms with Gasteiger partial charge in [0.2, 0.25) is 5.13 Å². The van der Waals surface area contributed by atoms with Crippen LogP contribution >= 0.6 is 11.5 Å². The minimum absolute atomic E-state index is 0.00339. The Labute approximate surface area is 143 Å². The molecule has 0 spiro atoms. The first-order chi connectivity index (χ1) is 11.9. The molecule has 0 fully saturated rings. The highest BCUT2D eigenvalue weighted by Gasteiger charge is 2.31. The van der Waals surface area contributed by atoms with Gasteiger partial charge < -0.3 is 4.74 Å². The van der Waals surface area contributed by atoms with E-state index in [2.05, 4.69) is 24.4 Å². The second-order valence-corrected chi connectivity index (χ2v) is 5.42. The number of alkyl halides is 3. The molecule has 2 heterocycles. The van der Waals surface area contributed by atoms with Crippen LogP contribution in [0.1, 0.15) is 10.4 Å². The van der Waals surface area contributed by atoms with Gasteiger partial charge in [-0.05, 0) is 30.3 Å². The first-order valence-electron chi connectivity index (χ1n) is 6.83. The molecule has 0 unspecified atom stereocenters. The normalized spacial score (nSPS) is 11.2. The Morgan fingerprint density at radius 1 is 1.16 bits per heavy atom. The van der Waals surface area contributed by atoms with Crippen LogP contribution in [0, 0.1) is 0 Å². The van der Waals surface area contributed by atoms with E-state index in [-0.39, 0.29) is 10.7 Å². The Bertz CT molecular complexity index is 884. The Kier molecular flexibility index (Phi) is 4.61. The van der Waals surface area contributed by atoms with Crippen LogP contribution in [-0.2, 0) is 0 Å². The van der Waals surface area contributed by atoms with Crippen molar-refractivity contribution in [3.63, 3.8) is 0 Å². The first-order valence-corrected chi connectivity index (χ1v) is 7.60. The van der Waals surface area contributed by atoms with Crippen LogP contribution in [0.15, 0.2) is 48.7 Å². The number of amides is 1. The van der Waals surface area contributed by atoms with Crippen molar-refractivity contribution in [1.82, 2.24) is 14.3 Å². The predicted octanol–water partition coefficient (Wildman–Crippen LogP) is 3.75. The van der Waals surface area contributed by atoms with Gasteiger partial charge in [0.25, 0.3) is 5.91 Å². The molecule has 0 aliphatic carbocycles. The van der Waals surface area contributed by atoms with Crippen molar-refractivity contribution < 1.29 is 22.7 Å². The fraction of sp³-hybridized carbons (Fsp3) is 0.0667. The van der Waals surface area contributed by atoms with E-state index < -0.39 is 18.0 Å². The van der Waals surface area contributed by atoms with Crippen LogP contribution in [0.2, 0.25) is 0 Å². The van der Waals surface area contributed by atoms with Crippen LogP contribution in [-0.4, -0.2) is 26.6 Å². The third kappa shape index (κ3) is 4.51. The minimum Gasteiger partial charge on any atom is -0.406 e. The SMILES string of the molecule is O=C(Nc1nc(-c2ccccn2)ns1)c1cccc(OC(F)(F)F)c1. The van der Waals surface area contributed by atoms with Gasteiger partial charge in [-0.1, -0.05) is 12.1 Å². The lowest BCUT2D eigenvalue weighted by atomic mass is 10.2. The summed E-state index contributed by atoms with van der Waals surface area (Å²) in [5, 5.41) is 2.68. The number of carbonyl (C=O) groups is 1. The van der Waals surface area contributed by atoms with Gasteiger partial charge in [0, 0.05) is 23.3 Å². The Morgan fingerprint density at radius 2 is 2.00 bits per heavy atom. The summed E-state index contributed by atoms with van der Waals surface area (Å²) >= 11 is 0.937. The van der Waals surface area contributed by atoms with E-state index >= 15 is 0 Å². The van der Waals surface area contributed by atoms with Gasteiger partial charge in [-0.2, -0.15) is 9.36 Å². The highest BCUT2D eigenvalue weighted by Crippen LogP contribution is 2.24. The number of ether oxygens (including phenoxy) is 1. The molecule has 0 radical (unpaired) electrons. The van der Waals surface area contributed by atoms with Crippen LogP contribution in [0.3, 0.4) is 0 Å². The number of nitrogens with one attached hydrogen (secondary N) is 1. The monoisotopic (exact) mass is 366 g/mol. The maximum absolute atomic E-state index is 12.2. The van der Waals surface area contributed by atoms with Crippen molar-refractivity contribution >= 4 is 22.6 Å². The number of pyridine rings is 1. The summed E-state index contributed by atoms with van der Waals surface area (Å²) < 4.78 is 44.6. The standard InChI is InChI=1S/C15H9F3N4O2S/c16-15(17,18)24-10-5-3-4-9(8-10)13(23)21-14-20-12(22-25-14)11-6-1-2-7-19-11/h1-8H,(H,20,21,22,23). The zero-order valence-electron chi connectivity index (χ0n) is 12.3. The van der Waals surface area contributed by atoms with E-state index in [9.17, 15) is 18.0 Å². The summed E-state index contributed by atoms with van der Waals surface area (Å²) in [4.78, 5) is 20.4. The Morgan fingerprint density at radius 3 is 2.72 bits per heavy atom. The van der Waals surface area contributed by atoms with E-state index in [1.807, 2.05) is 0 Å². The number of halogens is 3. The van der Waals surface area contributed by atoms with E-state index in [0.717, 1.165) is 23.7 Å². The minimum atomic E-state index is -4.83. The molecule has 0 saturated carbocycles. The van der Waals surface area contributed by atoms with Crippen LogP contribution in [0.5, 0.6) is 5.75 Å². The maximum Gasteiger partial charge on any atom is 0.573 e. The molecule has 6 nitrogen and oxygen atoms in total. The van der Waals surface area contributed by atoms with Gasteiger partial charge in [0.05, 0.1) is 0 Å². The molecule has 1 N–H and O–H groups in total. The lowest BCUT2D eigenvalue weighted by molar-refractivity contribution is -0.274. The number of nitrogens with zero attached hydrogens (tertiary/aromatic N) is 3. The van der Waals surface area contributed by atoms with Gasteiger partial charge in [-0.3, -0.25) is 15.1 Å². The van der Waals surface area contributed by atoms with Crippen LogP contribution < -0.4 is 10.1 Å². The summed E-state index contributed by atoms with van der Waals surface area (Å²) in [5.41, 5.74) is 0.538. The number of anilines is 1. The van der Waals surface area contributed by atoms with Crippen LogP contribution in [0.25, 0.3) is 11.5 Å². The average molecular weight is 366 g/mol. The summed E-state index contributed by atoms with van der Waals surface area (Å²) in [5.74, 6) is -0.766. The number of hydrogen-bond donors (Lipinski definition) is 1. The lowest BCUT2D eigenvalue weighted by Crippen LogP contribution is -2.18. The summed E-state index contributed by atoms with van der Waals surface area (Å²) in [6, 6.07) is 9.97. The predicted molar refractivity (Wildman–Crippen MR) is 84.2 cm³/mol. The number of aromatic nitrogens is 3. The number of rotatable bonds is 4. The molecule has 1 aromatic carbocycles. The number of carbonyl (C=O) groups excluding carboxylic acids is 1. The van der Waals surface area contributed by atoms with E-state index in [0.29, 0.717) is 11.5 Å². The molecule has 3 aromatic rings. The summed E-state index contributed by atoms with van der Waals surface area (Å²) in [6.07, 6.45) is -3.24. The fourth-order valence-corrected chi connectivity index (χ4v) is 2.45. The van der Waals surface area contributed by atoms with Gasteiger partial charge in [-0.25, -0.2) is 0 Å². The highest BCUT2D eigenvalue weighted by atomic mass is 32.1. The maximum atomic E-state index is 12.2. The third-order valence-corrected chi connectivity index (χ3v) is 3.50. The van der Waals surface area contributed by atoms with Gasteiger partial charge in [0.1, 0.15) is 11.4 Å². The van der Waals surface area contributed by atoms with E-state index in [1.54, 1.807) is 24.4 Å². The van der Waals surface area contributed by atoms with Crippen molar-refractivity contribution in [2.24, 2.45) is 0 Å². The fourth-order valence-electron chi connectivity index (χ4n) is 1.88. The molecule has 1 amide bonds. The van der Waals surface area contributed by atoms with Crippen LogP contribution in [0.4, 0.5) is 18.3 Å². The molecule has 0 saturated heterocycles. The molecule has 128 valence electrons. The molecule has 10 heteroatoms. The zero-order chi connectivity index (χ0) is 17.9. The number of benzene rings is 1. The smallest absolute Gasteiger partial charge is 0.406 e. The topological polar surface area (TPSA) is 77.0 Å². The summed E-state index contributed by atoms with van der Waals surface area (Å²) in [7, 11) is 0. The molecule has 2 aromatic heterocycles. The molecular weight excluding hydrogens is 357 g/mol. The number of hydrogen-bond acceptors (Lipinski definition) is 6. The van der Waals surface area contributed by atoms with Crippen molar-refractivity contribution in [3.8, 4) is 17.3 Å².